The third-order valence-electron chi connectivity index (χ3n) is 2.53. The molecule has 1 unspecified atom stereocenters. The number of nitrogens with one attached hydrogen (secondary N) is 2. The Balaban J connectivity index is 2.07. The molecule has 90 valence electrons. The van der Waals surface area contributed by atoms with Crippen molar-refractivity contribution in [3.8, 4) is 5.75 Å². The van der Waals surface area contributed by atoms with Crippen molar-refractivity contribution in [3.63, 3.8) is 0 Å². The van der Waals surface area contributed by atoms with E-state index < -0.39 is 5.91 Å². The van der Waals surface area contributed by atoms with Crippen LogP contribution in [-0.2, 0) is 4.79 Å². The van der Waals surface area contributed by atoms with E-state index in [-0.39, 0.29) is 29.8 Å². The van der Waals surface area contributed by atoms with Gasteiger partial charge < -0.3 is 15.7 Å². The van der Waals surface area contributed by atoms with Crippen LogP contribution in [0.2, 0.25) is 0 Å². The molecule has 3 N–H and O–H groups in total. The number of aryl methyl sites for hydroxylation is 1. The smallest absolute Gasteiger partial charge is 0.274 e. The van der Waals surface area contributed by atoms with Crippen molar-refractivity contribution in [2.45, 2.75) is 19.4 Å². The highest BCUT2D eigenvalue weighted by Crippen LogP contribution is 2.15. The van der Waals surface area contributed by atoms with Gasteiger partial charge in [0.25, 0.3) is 5.91 Å². The summed E-state index contributed by atoms with van der Waals surface area (Å²) in [5.41, 5.74) is 0.756. The predicted octanol–water partition coefficient (Wildman–Crippen LogP) is -0.286. The van der Waals surface area contributed by atoms with E-state index in [1.165, 1.54) is 12.3 Å². The fraction of sp³-hybridized carbons (Fsp3) is 0.364. The van der Waals surface area contributed by atoms with Crippen molar-refractivity contribution >= 4 is 11.8 Å². The molecule has 2 rings (SSSR count). The lowest BCUT2D eigenvalue weighted by Crippen LogP contribution is -2.36. The lowest BCUT2D eigenvalue weighted by atomic mass is 10.2. The largest absolute Gasteiger partial charge is 0.505 e. The Hall–Kier alpha value is -2.11. The average Bonchev–Trinajstić information content (AvgIpc) is 2.63. The number of hydrogen-bond acceptors (Lipinski definition) is 4. The molecule has 0 aliphatic carbocycles. The Kier molecular flexibility index (Phi) is 2.95. The molecule has 17 heavy (non-hydrogen) atoms. The molecule has 0 saturated carbocycles. The molecular weight excluding hydrogens is 222 g/mol. The molecular formula is C11H13N3O3. The Morgan fingerprint density at radius 3 is 3.00 bits per heavy atom. The Labute approximate surface area is 98.1 Å². The molecule has 6 heteroatoms. The Morgan fingerprint density at radius 2 is 2.41 bits per heavy atom. The average molecular weight is 235 g/mol. The summed E-state index contributed by atoms with van der Waals surface area (Å²) in [6.07, 6.45) is 1.77. The number of nitrogens with zero attached hydrogens (tertiary/aromatic N) is 1. The van der Waals surface area contributed by atoms with Crippen LogP contribution in [0.4, 0.5) is 0 Å². The fourth-order valence-corrected chi connectivity index (χ4v) is 1.69. The third kappa shape index (κ3) is 2.52. The summed E-state index contributed by atoms with van der Waals surface area (Å²) in [5, 5.41) is 14.8. The second-order valence-electron chi connectivity index (χ2n) is 4.06. The van der Waals surface area contributed by atoms with Gasteiger partial charge in [0, 0.05) is 19.2 Å². The summed E-state index contributed by atoms with van der Waals surface area (Å²) in [6.45, 7) is 2.19. The van der Waals surface area contributed by atoms with Gasteiger partial charge in [-0.2, -0.15) is 0 Å². The first-order valence-corrected chi connectivity index (χ1v) is 5.29. The molecule has 0 radical (unpaired) electrons. The SMILES string of the molecule is Cc1cnc(C(=O)NC2CNC(=O)C2)c(O)c1. The van der Waals surface area contributed by atoms with E-state index in [9.17, 15) is 14.7 Å². The van der Waals surface area contributed by atoms with Crippen molar-refractivity contribution in [2.75, 3.05) is 6.54 Å². The molecule has 0 aromatic carbocycles. The van der Waals surface area contributed by atoms with E-state index >= 15 is 0 Å². The van der Waals surface area contributed by atoms with E-state index in [1.807, 2.05) is 0 Å². The zero-order chi connectivity index (χ0) is 12.4. The van der Waals surface area contributed by atoms with E-state index in [0.29, 0.717) is 6.54 Å². The number of amides is 2. The maximum absolute atomic E-state index is 11.8. The number of carbonyl (C=O) groups excluding carboxylic acids is 2. The first-order chi connectivity index (χ1) is 8.06. The normalized spacial score (nSPS) is 18.9. The number of aromatic hydroxyl groups is 1. The second kappa shape index (κ2) is 4.40. The first kappa shape index (κ1) is 11.4. The van der Waals surface area contributed by atoms with Crippen LogP contribution in [-0.4, -0.2) is 34.5 Å². The maximum Gasteiger partial charge on any atom is 0.274 e. The van der Waals surface area contributed by atoms with Crippen LogP contribution in [0.3, 0.4) is 0 Å². The van der Waals surface area contributed by atoms with Gasteiger partial charge in [0.15, 0.2) is 5.69 Å². The summed E-state index contributed by atoms with van der Waals surface area (Å²) in [4.78, 5) is 26.6. The number of aromatic nitrogens is 1. The third-order valence-corrected chi connectivity index (χ3v) is 2.53. The van der Waals surface area contributed by atoms with Gasteiger partial charge in [-0.05, 0) is 18.6 Å². The van der Waals surface area contributed by atoms with Gasteiger partial charge >= 0.3 is 0 Å². The van der Waals surface area contributed by atoms with E-state index in [0.717, 1.165) is 5.56 Å². The standard InChI is InChI=1S/C11H13N3O3/c1-6-2-8(15)10(13-4-6)11(17)14-7-3-9(16)12-5-7/h2,4,7,15H,3,5H2,1H3,(H,12,16)(H,14,17). The molecule has 1 aromatic heterocycles. The van der Waals surface area contributed by atoms with Crippen LogP contribution < -0.4 is 10.6 Å². The van der Waals surface area contributed by atoms with Crippen molar-refractivity contribution in [3.05, 3.63) is 23.5 Å². The molecule has 1 aliphatic rings. The molecule has 1 aliphatic heterocycles. The van der Waals surface area contributed by atoms with Crippen LogP contribution >= 0.6 is 0 Å². The summed E-state index contributed by atoms with van der Waals surface area (Å²) >= 11 is 0. The molecule has 2 amide bonds. The van der Waals surface area contributed by atoms with Crippen LogP contribution in [0, 0.1) is 6.92 Å². The fourth-order valence-electron chi connectivity index (χ4n) is 1.69. The quantitative estimate of drug-likeness (QED) is 0.657. The molecule has 2 heterocycles. The van der Waals surface area contributed by atoms with Crippen LogP contribution in [0.1, 0.15) is 22.5 Å². The predicted molar refractivity (Wildman–Crippen MR) is 59.5 cm³/mol. The van der Waals surface area contributed by atoms with Gasteiger partial charge in [0.1, 0.15) is 5.75 Å². The van der Waals surface area contributed by atoms with Crippen molar-refractivity contribution in [1.82, 2.24) is 15.6 Å². The van der Waals surface area contributed by atoms with Crippen molar-refractivity contribution < 1.29 is 14.7 Å². The molecule has 0 spiro atoms. The van der Waals surface area contributed by atoms with Crippen LogP contribution in [0.25, 0.3) is 0 Å². The summed E-state index contributed by atoms with van der Waals surface area (Å²) in [6, 6.07) is 1.23. The molecule has 0 bridgehead atoms. The van der Waals surface area contributed by atoms with Gasteiger partial charge in [-0.3, -0.25) is 9.59 Å². The molecule has 1 fully saturated rings. The van der Waals surface area contributed by atoms with Crippen molar-refractivity contribution in [1.29, 1.82) is 0 Å². The maximum atomic E-state index is 11.8. The lowest BCUT2D eigenvalue weighted by Gasteiger charge is -2.10. The molecule has 1 aromatic rings. The minimum absolute atomic E-state index is 0.0186. The zero-order valence-corrected chi connectivity index (χ0v) is 9.36. The summed E-state index contributed by atoms with van der Waals surface area (Å²) in [7, 11) is 0. The van der Waals surface area contributed by atoms with Crippen LogP contribution in [0.5, 0.6) is 5.75 Å². The zero-order valence-electron chi connectivity index (χ0n) is 9.36. The van der Waals surface area contributed by atoms with Crippen molar-refractivity contribution in [2.24, 2.45) is 0 Å². The summed E-state index contributed by atoms with van der Waals surface area (Å²) in [5.74, 6) is -0.708. The van der Waals surface area contributed by atoms with E-state index in [1.54, 1.807) is 6.92 Å². The summed E-state index contributed by atoms with van der Waals surface area (Å²) < 4.78 is 0. The van der Waals surface area contributed by atoms with E-state index in [2.05, 4.69) is 15.6 Å². The number of hydrogen-bond donors (Lipinski definition) is 3. The highest BCUT2D eigenvalue weighted by molar-refractivity contribution is 5.95. The first-order valence-electron chi connectivity index (χ1n) is 5.29. The van der Waals surface area contributed by atoms with Gasteiger partial charge in [-0.15, -0.1) is 0 Å². The minimum Gasteiger partial charge on any atom is -0.505 e. The van der Waals surface area contributed by atoms with Gasteiger partial charge in [0.05, 0.1) is 6.04 Å². The van der Waals surface area contributed by atoms with Crippen LogP contribution in [0.15, 0.2) is 12.3 Å². The Morgan fingerprint density at radius 1 is 1.65 bits per heavy atom. The number of pyridine rings is 1. The molecule has 1 atom stereocenters. The van der Waals surface area contributed by atoms with E-state index in [4.69, 9.17) is 0 Å². The Bertz CT molecular complexity index is 473. The van der Waals surface area contributed by atoms with Gasteiger partial charge in [-0.1, -0.05) is 0 Å². The number of rotatable bonds is 2. The topological polar surface area (TPSA) is 91.3 Å². The number of carbonyl (C=O) groups is 2. The minimum atomic E-state index is -0.469. The highest BCUT2D eigenvalue weighted by Gasteiger charge is 2.24. The second-order valence-corrected chi connectivity index (χ2v) is 4.06. The highest BCUT2D eigenvalue weighted by atomic mass is 16.3. The molecule has 1 saturated heterocycles. The lowest BCUT2D eigenvalue weighted by molar-refractivity contribution is -0.119. The van der Waals surface area contributed by atoms with Gasteiger partial charge in [0.2, 0.25) is 5.91 Å². The monoisotopic (exact) mass is 235 g/mol. The molecule has 6 nitrogen and oxygen atoms in total. The van der Waals surface area contributed by atoms with Gasteiger partial charge in [-0.25, -0.2) is 4.98 Å².